The van der Waals surface area contributed by atoms with Crippen molar-refractivity contribution in [2.45, 2.75) is 38.1 Å². The molecule has 2 heterocycles. The highest BCUT2D eigenvalue weighted by atomic mass is 35.5. The van der Waals surface area contributed by atoms with Gasteiger partial charge in [-0.3, -0.25) is 4.79 Å². The first-order chi connectivity index (χ1) is 13.2. The van der Waals surface area contributed by atoms with Crippen molar-refractivity contribution in [3.8, 4) is 0 Å². The highest BCUT2D eigenvalue weighted by molar-refractivity contribution is 6.35. The van der Waals surface area contributed by atoms with E-state index in [1.54, 1.807) is 7.11 Å². The quantitative estimate of drug-likeness (QED) is 0.787. The molecule has 0 radical (unpaired) electrons. The first-order valence-electron chi connectivity index (χ1n) is 9.56. The van der Waals surface area contributed by atoms with Gasteiger partial charge in [-0.15, -0.1) is 0 Å². The van der Waals surface area contributed by atoms with E-state index in [0.717, 1.165) is 47.4 Å². The molecule has 1 aliphatic heterocycles. The van der Waals surface area contributed by atoms with Crippen LogP contribution in [-0.2, 0) is 27.4 Å². The van der Waals surface area contributed by atoms with Crippen molar-refractivity contribution in [2.75, 3.05) is 33.4 Å². The normalized spacial score (nSPS) is 20.1. The molecule has 1 aromatic heterocycles. The van der Waals surface area contributed by atoms with Gasteiger partial charge in [0, 0.05) is 56.4 Å². The Morgan fingerprint density at radius 3 is 3.00 bits per heavy atom. The lowest BCUT2D eigenvalue weighted by atomic mass is 10.1. The molecule has 0 spiro atoms. The van der Waals surface area contributed by atoms with Crippen LogP contribution >= 0.6 is 11.6 Å². The summed E-state index contributed by atoms with van der Waals surface area (Å²) in [4.78, 5) is 15.0. The number of carbonyl (C=O) groups is 1. The molecular formula is C20H26ClN3O3. The average Bonchev–Trinajstić information content (AvgIpc) is 3.49. The van der Waals surface area contributed by atoms with Crippen LogP contribution in [0.4, 0.5) is 0 Å². The molecule has 1 saturated carbocycles. The van der Waals surface area contributed by atoms with Crippen LogP contribution in [0.1, 0.15) is 18.4 Å². The highest BCUT2D eigenvalue weighted by Gasteiger charge is 2.36. The zero-order valence-corrected chi connectivity index (χ0v) is 16.4. The van der Waals surface area contributed by atoms with Crippen molar-refractivity contribution in [3.63, 3.8) is 0 Å². The number of methoxy groups -OCH3 is 1. The number of morpholine rings is 1. The number of aromatic nitrogens is 1. The zero-order valence-electron chi connectivity index (χ0n) is 15.6. The molecular weight excluding hydrogens is 366 g/mol. The molecule has 1 saturated heterocycles. The molecule has 4 rings (SSSR count). The van der Waals surface area contributed by atoms with E-state index in [1.165, 1.54) is 0 Å². The number of halogens is 1. The average molecular weight is 392 g/mol. The molecule has 1 N–H and O–H groups in total. The van der Waals surface area contributed by atoms with Gasteiger partial charge in [0.2, 0.25) is 0 Å². The monoisotopic (exact) mass is 391 g/mol. The van der Waals surface area contributed by atoms with E-state index in [-0.39, 0.29) is 12.0 Å². The molecule has 1 aromatic carbocycles. The van der Waals surface area contributed by atoms with E-state index in [4.69, 9.17) is 21.1 Å². The van der Waals surface area contributed by atoms with Gasteiger partial charge in [0.25, 0.3) is 5.91 Å². The fraction of sp³-hybridized carbons (Fsp3) is 0.550. The molecule has 0 bridgehead atoms. The molecule has 6 nitrogen and oxygen atoms in total. The summed E-state index contributed by atoms with van der Waals surface area (Å²) in [6.07, 6.45) is 3.72. The van der Waals surface area contributed by atoms with Crippen LogP contribution in [-0.4, -0.2) is 60.9 Å². The minimum atomic E-state index is -0.372. The number of fused-ring (bicyclic) bond motifs is 1. The van der Waals surface area contributed by atoms with Crippen LogP contribution in [0.15, 0.2) is 24.4 Å². The Balaban J connectivity index is 1.56. The number of nitrogens with one attached hydrogen (secondary N) is 1. The maximum atomic E-state index is 13.0. The highest BCUT2D eigenvalue weighted by Crippen LogP contribution is 2.31. The van der Waals surface area contributed by atoms with Crippen LogP contribution < -0.4 is 5.32 Å². The van der Waals surface area contributed by atoms with Crippen LogP contribution in [0.25, 0.3) is 10.9 Å². The van der Waals surface area contributed by atoms with Crippen LogP contribution in [0.3, 0.4) is 0 Å². The molecule has 1 amide bonds. The maximum absolute atomic E-state index is 13.0. The van der Waals surface area contributed by atoms with Crippen LogP contribution in [0.2, 0.25) is 5.02 Å². The summed E-state index contributed by atoms with van der Waals surface area (Å²) in [5.41, 5.74) is 2.19. The Hall–Kier alpha value is -1.60. The predicted molar refractivity (Wildman–Crippen MR) is 105 cm³/mol. The molecule has 1 atom stereocenters. The van der Waals surface area contributed by atoms with E-state index in [1.807, 2.05) is 17.2 Å². The Morgan fingerprint density at radius 2 is 2.30 bits per heavy atom. The third kappa shape index (κ3) is 4.14. The summed E-state index contributed by atoms with van der Waals surface area (Å²) in [6.45, 7) is 3.97. The van der Waals surface area contributed by atoms with Gasteiger partial charge >= 0.3 is 0 Å². The lowest BCUT2D eigenvalue weighted by Gasteiger charge is -2.30. The van der Waals surface area contributed by atoms with Gasteiger partial charge in [0.05, 0.1) is 18.2 Å². The number of rotatable bonds is 7. The summed E-state index contributed by atoms with van der Waals surface area (Å²) in [5, 5.41) is 5.01. The van der Waals surface area contributed by atoms with Gasteiger partial charge in [-0.2, -0.15) is 0 Å². The lowest BCUT2D eigenvalue weighted by molar-refractivity contribution is -0.146. The summed E-state index contributed by atoms with van der Waals surface area (Å²) < 4.78 is 13.0. The Bertz CT molecular complexity index is 812. The van der Waals surface area contributed by atoms with E-state index in [0.29, 0.717) is 32.3 Å². The smallest absolute Gasteiger partial charge is 0.253 e. The Morgan fingerprint density at radius 1 is 1.44 bits per heavy atom. The minimum Gasteiger partial charge on any atom is -0.383 e. The number of benzene rings is 1. The zero-order chi connectivity index (χ0) is 18.8. The molecule has 2 fully saturated rings. The summed E-state index contributed by atoms with van der Waals surface area (Å²) in [6, 6.07) is 6.59. The van der Waals surface area contributed by atoms with Crippen molar-refractivity contribution >= 4 is 28.4 Å². The molecule has 7 heteroatoms. The third-order valence-corrected chi connectivity index (χ3v) is 5.56. The lowest BCUT2D eigenvalue weighted by Crippen LogP contribution is -2.49. The number of hydrogen-bond acceptors (Lipinski definition) is 4. The number of nitrogens with zero attached hydrogens (tertiary/aromatic N) is 2. The van der Waals surface area contributed by atoms with Gasteiger partial charge in [-0.1, -0.05) is 23.7 Å². The second-order valence-electron chi connectivity index (χ2n) is 7.28. The summed E-state index contributed by atoms with van der Waals surface area (Å²) >= 11 is 6.38. The fourth-order valence-electron chi connectivity index (χ4n) is 3.64. The largest absolute Gasteiger partial charge is 0.383 e. The second kappa shape index (κ2) is 8.19. The topological polar surface area (TPSA) is 55.7 Å². The SMILES string of the molecule is COCCn1cc(Cl)c2ccc(CN(C(=O)C3CNCCO3)C3CC3)cc21. The van der Waals surface area contributed by atoms with Crippen LogP contribution in [0, 0.1) is 0 Å². The van der Waals surface area contributed by atoms with Crippen molar-refractivity contribution in [1.29, 1.82) is 0 Å². The van der Waals surface area contributed by atoms with Crippen molar-refractivity contribution in [2.24, 2.45) is 0 Å². The van der Waals surface area contributed by atoms with Gasteiger partial charge in [0.15, 0.2) is 0 Å². The van der Waals surface area contributed by atoms with E-state index >= 15 is 0 Å². The number of amides is 1. The Kier molecular flexibility index (Phi) is 5.68. The molecule has 1 aliphatic carbocycles. The molecule has 146 valence electrons. The molecule has 2 aromatic rings. The minimum absolute atomic E-state index is 0.0950. The van der Waals surface area contributed by atoms with Gasteiger partial charge in [-0.05, 0) is 24.5 Å². The standard InChI is InChI=1S/C20H26ClN3O3/c1-26-9-7-23-13-17(21)16-5-2-14(10-18(16)23)12-24(15-3-4-15)20(25)19-11-22-6-8-27-19/h2,5,10,13,15,19,22H,3-4,6-9,11-12H2,1H3. The summed E-state index contributed by atoms with van der Waals surface area (Å²) in [7, 11) is 1.69. The number of carbonyl (C=O) groups excluding carboxylic acids is 1. The summed E-state index contributed by atoms with van der Waals surface area (Å²) in [5.74, 6) is 0.0950. The fourth-order valence-corrected chi connectivity index (χ4v) is 3.92. The van der Waals surface area contributed by atoms with Gasteiger partial charge in [-0.25, -0.2) is 0 Å². The maximum Gasteiger partial charge on any atom is 0.253 e. The number of hydrogen-bond donors (Lipinski definition) is 1. The molecule has 2 aliphatic rings. The van der Waals surface area contributed by atoms with E-state index in [2.05, 4.69) is 22.0 Å². The van der Waals surface area contributed by atoms with Gasteiger partial charge in [0.1, 0.15) is 6.10 Å². The Labute approximate surface area is 164 Å². The first-order valence-corrected chi connectivity index (χ1v) is 9.94. The van der Waals surface area contributed by atoms with E-state index in [9.17, 15) is 4.79 Å². The van der Waals surface area contributed by atoms with Crippen molar-refractivity contribution in [1.82, 2.24) is 14.8 Å². The van der Waals surface area contributed by atoms with Crippen molar-refractivity contribution in [3.05, 3.63) is 35.0 Å². The van der Waals surface area contributed by atoms with Crippen LogP contribution in [0.5, 0.6) is 0 Å². The molecule has 1 unspecified atom stereocenters. The predicted octanol–water partition coefficient (Wildman–Crippen LogP) is 2.42. The first kappa shape index (κ1) is 18.7. The second-order valence-corrected chi connectivity index (χ2v) is 7.68. The van der Waals surface area contributed by atoms with Gasteiger partial charge < -0.3 is 24.3 Å². The number of ether oxygens (including phenoxy) is 2. The van der Waals surface area contributed by atoms with E-state index < -0.39 is 0 Å². The third-order valence-electron chi connectivity index (χ3n) is 5.26. The molecule has 27 heavy (non-hydrogen) atoms. The van der Waals surface area contributed by atoms with Crippen molar-refractivity contribution < 1.29 is 14.3 Å².